The maximum atomic E-state index is 12.9. The summed E-state index contributed by atoms with van der Waals surface area (Å²) < 4.78 is 16.9. The van der Waals surface area contributed by atoms with Gasteiger partial charge in [-0.2, -0.15) is 0 Å². The molecule has 1 unspecified atom stereocenters. The molecule has 1 atom stereocenters. The average Bonchev–Trinajstić information content (AvgIpc) is 3.45. The number of ether oxygens (including phenoxy) is 3. The van der Waals surface area contributed by atoms with Crippen LogP contribution in [0.4, 0.5) is 0 Å². The predicted molar refractivity (Wildman–Crippen MR) is 344 cm³/mol. The zero-order valence-electron chi connectivity index (χ0n) is 53.4. The Hall–Kier alpha value is -2.37. The first-order valence-corrected chi connectivity index (χ1v) is 35.5. The van der Waals surface area contributed by atoms with E-state index in [1.54, 1.807) is 0 Å². The maximum absolute atomic E-state index is 12.9. The summed E-state index contributed by atoms with van der Waals surface area (Å²) in [6.07, 6.45) is 84.8. The Kier molecular flexibility index (Phi) is 66.1. The van der Waals surface area contributed by atoms with Crippen molar-refractivity contribution in [2.75, 3.05) is 13.2 Å². The van der Waals surface area contributed by atoms with E-state index in [0.29, 0.717) is 19.3 Å². The van der Waals surface area contributed by atoms with Gasteiger partial charge in [-0.3, -0.25) is 14.4 Å². The topological polar surface area (TPSA) is 78.9 Å². The summed E-state index contributed by atoms with van der Waals surface area (Å²) in [6, 6.07) is 0. The second-order valence-electron chi connectivity index (χ2n) is 24.1. The molecule has 0 saturated carbocycles. The summed E-state index contributed by atoms with van der Waals surface area (Å²) >= 11 is 0. The molecule has 0 radical (unpaired) electrons. The molecule has 0 aromatic carbocycles. The van der Waals surface area contributed by atoms with E-state index < -0.39 is 6.10 Å². The number of carbonyl (C=O) groups is 3. The molecular formula is C73H136O6. The molecule has 0 N–H and O–H groups in total. The van der Waals surface area contributed by atoms with Crippen molar-refractivity contribution in [2.24, 2.45) is 0 Å². The van der Waals surface area contributed by atoms with Crippen LogP contribution in [0.15, 0.2) is 36.5 Å². The molecule has 0 bridgehead atoms. The van der Waals surface area contributed by atoms with E-state index in [-0.39, 0.29) is 31.1 Å². The molecule has 0 heterocycles. The molecule has 6 nitrogen and oxygen atoms in total. The van der Waals surface area contributed by atoms with Gasteiger partial charge in [0, 0.05) is 19.3 Å². The van der Waals surface area contributed by atoms with Gasteiger partial charge in [-0.1, -0.05) is 333 Å². The lowest BCUT2D eigenvalue weighted by atomic mass is 10.0. The molecule has 464 valence electrons. The SMILES string of the molecule is CCCCCCC/C=C\C/C=C\CCCCCCCCCCCCCCCCCCCCCCCC(=O)OCC(COC(=O)CCCCCCCCCCC)OC(=O)CCCCCCCCCCC/C=C\CCCCCCCC. The first-order chi connectivity index (χ1) is 39.0. The molecule has 6 heteroatoms. The van der Waals surface area contributed by atoms with Crippen molar-refractivity contribution in [1.29, 1.82) is 0 Å². The molecule has 0 aliphatic heterocycles. The van der Waals surface area contributed by atoms with E-state index in [2.05, 4.69) is 57.2 Å². The Balaban J connectivity index is 4.03. The van der Waals surface area contributed by atoms with Gasteiger partial charge in [-0.15, -0.1) is 0 Å². The van der Waals surface area contributed by atoms with Crippen molar-refractivity contribution in [3.05, 3.63) is 36.5 Å². The Bertz CT molecular complexity index is 1320. The molecule has 0 aliphatic rings. The molecule has 0 fully saturated rings. The van der Waals surface area contributed by atoms with Crippen LogP contribution in [0.25, 0.3) is 0 Å². The lowest BCUT2D eigenvalue weighted by molar-refractivity contribution is -0.167. The zero-order valence-corrected chi connectivity index (χ0v) is 53.4. The van der Waals surface area contributed by atoms with Gasteiger partial charge in [-0.05, 0) is 77.0 Å². The van der Waals surface area contributed by atoms with E-state index in [9.17, 15) is 14.4 Å². The molecule has 0 aromatic heterocycles. The van der Waals surface area contributed by atoms with Gasteiger partial charge in [-0.25, -0.2) is 0 Å². The number of hydrogen-bond acceptors (Lipinski definition) is 6. The third-order valence-corrected chi connectivity index (χ3v) is 16.1. The number of unbranched alkanes of at least 4 members (excludes halogenated alkanes) is 49. The Morgan fingerprint density at radius 1 is 0.253 bits per heavy atom. The zero-order chi connectivity index (χ0) is 57.1. The lowest BCUT2D eigenvalue weighted by Gasteiger charge is -2.18. The van der Waals surface area contributed by atoms with E-state index >= 15 is 0 Å². The third-order valence-electron chi connectivity index (χ3n) is 16.1. The van der Waals surface area contributed by atoms with Crippen LogP contribution in [-0.2, 0) is 28.6 Å². The van der Waals surface area contributed by atoms with E-state index in [1.165, 1.54) is 289 Å². The van der Waals surface area contributed by atoms with Gasteiger partial charge in [0.1, 0.15) is 13.2 Å². The Labute approximate surface area is 493 Å². The van der Waals surface area contributed by atoms with Crippen LogP contribution in [0.5, 0.6) is 0 Å². The van der Waals surface area contributed by atoms with Gasteiger partial charge >= 0.3 is 17.9 Å². The molecule has 0 saturated heterocycles. The number of hydrogen-bond donors (Lipinski definition) is 0. The minimum Gasteiger partial charge on any atom is -0.462 e. The van der Waals surface area contributed by atoms with Gasteiger partial charge in [0.25, 0.3) is 0 Å². The largest absolute Gasteiger partial charge is 0.462 e. The van der Waals surface area contributed by atoms with Crippen molar-refractivity contribution in [3.63, 3.8) is 0 Å². The summed E-state index contributed by atoms with van der Waals surface area (Å²) in [5, 5.41) is 0. The standard InChI is InChI=1S/C73H136O6/c1-4-7-10-13-16-19-21-23-25-27-29-30-31-32-33-34-35-36-37-38-39-40-41-42-44-45-47-49-51-54-57-60-63-66-72(75)78-69-70(68-77-71(74)65-62-59-56-53-18-15-12-9-6-3)79-73(76)67-64-61-58-55-52-50-48-46-43-28-26-24-22-20-17-14-11-8-5-2/h21,23-24,26-27,29,70H,4-20,22,25,28,30-69H2,1-3H3/b23-21-,26-24-,29-27-. The summed E-state index contributed by atoms with van der Waals surface area (Å²) in [4.78, 5) is 38.2. The maximum Gasteiger partial charge on any atom is 0.306 e. The van der Waals surface area contributed by atoms with E-state index in [1.807, 2.05) is 0 Å². The highest BCUT2D eigenvalue weighted by molar-refractivity contribution is 5.71. The molecule has 79 heavy (non-hydrogen) atoms. The number of rotatable bonds is 66. The predicted octanol–water partition coefficient (Wildman–Crippen LogP) is 24.3. The summed E-state index contributed by atoms with van der Waals surface area (Å²) in [6.45, 7) is 6.67. The normalized spacial score (nSPS) is 12.2. The molecular weight excluding hydrogens is 973 g/mol. The van der Waals surface area contributed by atoms with E-state index in [0.717, 1.165) is 64.2 Å². The Morgan fingerprint density at radius 2 is 0.456 bits per heavy atom. The minimum absolute atomic E-state index is 0.0669. The second-order valence-corrected chi connectivity index (χ2v) is 24.1. The fraction of sp³-hybridized carbons (Fsp3) is 0.877. The van der Waals surface area contributed by atoms with Crippen LogP contribution in [0.2, 0.25) is 0 Å². The summed E-state index contributed by atoms with van der Waals surface area (Å²) in [7, 11) is 0. The first kappa shape index (κ1) is 76.6. The van der Waals surface area contributed by atoms with Gasteiger partial charge in [0.05, 0.1) is 0 Å². The van der Waals surface area contributed by atoms with Crippen LogP contribution in [0, 0.1) is 0 Å². The highest BCUT2D eigenvalue weighted by Gasteiger charge is 2.19. The highest BCUT2D eigenvalue weighted by atomic mass is 16.6. The number of allylic oxidation sites excluding steroid dienone is 6. The number of esters is 3. The number of carbonyl (C=O) groups excluding carboxylic acids is 3. The van der Waals surface area contributed by atoms with Crippen LogP contribution in [0.1, 0.15) is 393 Å². The Morgan fingerprint density at radius 3 is 0.709 bits per heavy atom. The van der Waals surface area contributed by atoms with Gasteiger partial charge < -0.3 is 14.2 Å². The summed E-state index contributed by atoms with van der Waals surface area (Å²) in [5.41, 5.74) is 0. The first-order valence-electron chi connectivity index (χ1n) is 35.5. The van der Waals surface area contributed by atoms with Crippen molar-refractivity contribution < 1.29 is 28.6 Å². The van der Waals surface area contributed by atoms with Crippen LogP contribution in [-0.4, -0.2) is 37.2 Å². The molecule has 0 aliphatic carbocycles. The minimum atomic E-state index is -0.768. The van der Waals surface area contributed by atoms with E-state index in [4.69, 9.17) is 14.2 Å². The van der Waals surface area contributed by atoms with Crippen molar-refractivity contribution >= 4 is 17.9 Å². The molecule has 0 amide bonds. The molecule has 0 rings (SSSR count). The van der Waals surface area contributed by atoms with Crippen LogP contribution in [0.3, 0.4) is 0 Å². The second kappa shape index (κ2) is 68.1. The molecule has 0 spiro atoms. The third kappa shape index (κ3) is 66.3. The van der Waals surface area contributed by atoms with Crippen LogP contribution >= 0.6 is 0 Å². The van der Waals surface area contributed by atoms with Gasteiger partial charge in [0.15, 0.2) is 6.10 Å². The molecule has 0 aromatic rings. The summed E-state index contributed by atoms with van der Waals surface area (Å²) in [5.74, 6) is -0.845. The monoisotopic (exact) mass is 1110 g/mol. The van der Waals surface area contributed by atoms with Crippen LogP contribution < -0.4 is 0 Å². The van der Waals surface area contributed by atoms with Crippen molar-refractivity contribution in [3.8, 4) is 0 Å². The quantitative estimate of drug-likeness (QED) is 0.0261. The fourth-order valence-electron chi connectivity index (χ4n) is 10.8. The fourth-order valence-corrected chi connectivity index (χ4v) is 10.8. The lowest BCUT2D eigenvalue weighted by Crippen LogP contribution is -2.30. The van der Waals surface area contributed by atoms with Crippen molar-refractivity contribution in [2.45, 2.75) is 399 Å². The van der Waals surface area contributed by atoms with Gasteiger partial charge in [0.2, 0.25) is 0 Å². The average molecular weight is 1110 g/mol. The van der Waals surface area contributed by atoms with Crippen molar-refractivity contribution in [1.82, 2.24) is 0 Å². The smallest absolute Gasteiger partial charge is 0.306 e. The highest BCUT2D eigenvalue weighted by Crippen LogP contribution is 2.18.